The standard InChI is InChI=1S/C23H30N4OS/c1-15(2)21-17(8-6-12-27-10-4-5-11-27)16(3)24-19(21)14-18-22(25-26-23(18)28)20-9-7-13-29-20/h7,9,13-15,24H,4-6,8,10-12H2,1-3H3,(H,26,28). The van der Waals surface area contributed by atoms with E-state index in [0.29, 0.717) is 11.5 Å². The molecule has 1 amide bonds. The fourth-order valence-corrected chi connectivity index (χ4v) is 5.23. The molecule has 0 aliphatic carbocycles. The Morgan fingerprint density at radius 1 is 1.31 bits per heavy atom. The maximum Gasteiger partial charge on any atom is 0.273 e. The largest absolute Gasteiger partial charge is 0.359 e. The minimum Gasteiger partial charge on any atom is -0.359 e. The smallest absolute Gasteiger partial charge is 0.273 e. The van der Waals surface area contributed by atoms with E-state index in [2.05, 4.69) is 41.2 Å². The van der Waals surface area contributed by atoms with Gasteiger partial charge in [0, 0.05) is 11.4 Å². The molecule has 0 saturated carbocycles. The molecule has 154 valence electrons. The van der Waals surface area contributed by atoms with Gasteiger partial charge >= 0.3 is 0 Å². The van der Waals surface area contributed by atoms with Crippen LogP contribution >= 0.6 is 11.3 Å². The molecule has 0 bridgehead atoms. The average molecular weight is 411 g/mol. The lowest BCUT2D eigenvalue weighted by atomic mass is 9.93. The van der Waals surface area contributed by atoms with Crippen LogP contribution in [0.4, 0.5) is 0 Å². The van der Waals surface area contributed by atoms with Crippen molar-refractivity contribution in [3.63, 3.8) is 0 Å². The third-order valence-electron chi connectivity index (χ3n) is 5.88. The Morgan fingerprint density at radius 2 is 2.10 bits per heavy atom. The zero-order valence-corrected chi connectivity index (χ0v) is 18.4. The number of hydrazone groups is 1. The third kappa shape index (κ3) is 4.23. The molecule has 2 N–H and O–H groups in total. The van der Waals surface area contributed by atoms with E-state index < -0.39 is 0 Å². The first kappa shape index (κ1) is 20.1. The van der Waals surface area contributed by atoms with Gasteiger partial charge in [0.25, 0.3) is 5.91 Å². The summed E-state index contributed by atoms with van der Waals surface area (Å²) in [5, 5.41) is 6.28. The monoisotopic (exact) mass is 410 g/mol. The Labute approximate surface area is 176 Å². The van der Waals surface area contributed by atoms with Gasteiger partial charge in [-0.3, -0.25) is 4.79 Å². The highest BCUT2D eigenvalue weighted by Gasteiger charge is 2.26. The number of carbonyl (C=O) groups is 1. The van der Waals surface area contributed by atoms with Crippen molar-refractivity contribution in [3.8, 4) is 0 Å². The first-order valence-electron chi connectivity index (χ1n) is 10.6. The lowest BCUT2D eigenvalue weighted by Crippen LogP contribution is -2.20. The third-order valence-corrected chi connectivity index (χ3v) is 6.76. The summed E-state index contributed by atoms with van der Waals surface area (Å²) in [5.41, 5.74) is 9.02. The van der Waals surface area contributed by atoms with Gasteiger partial charge in [-0.1, -0.05) is 19.9 Å². The van der Waals surface area contributed by atoms with Crippen molar-refractivity contribution in [2.75, 3.05) is 19.6 Å². The van der Waals surface area contributed by atoms with Gasteiger partial charge in [-0.25, -0.2) is 5.43 Å². The molecule has 5 nitrogen and oxygen atoms in total. The maximum absolute atomic E-state index is 12.5. The Balaban J connectivity index is 1.60. The maximum atomic E-state index is 12.5. The molecule has 0 atom stereocenters. The van der Waals surface area contributed by atoms with Gasteiger partial charge in [-0.15, -0.1) is 11.3 Å². The van der Waals surface area contributed by atoms with Gasteiger partial charge in [-0.2, -0.15) is 5.10 Å². The van der Waals surface area contributed by atoms with Crippen molar-refractivity contribution < 1.29 is 4.79 Å². The average Bonchev–Trinajstić information content (AvgIpc) is 3.45. The van der Waals surface area contributed by atoms with Crippen LogP contribution in [0.3, 0.4) is 0 Å². The zero-order chi connectivity index (χ0) is 20.4. The molecule has 4 rings (SSSR count). The molecule has 4 heterocycles. The highest BCUT2D eigenvalue weighted by Crippen LogP contribution is 2.31. The van der Waals surface area contributed by atoms with E-state index in [1.165, 1.54) is 55.7 Å². The minimum atomic E-state index is -0.133. The van der Waals surface area contributed by atoms with Crippen LogP contribution in [0, 0.1) is 6.92 Å². The molecule has 2 aromatic heterocycles. The number of rotatable bonds is 7. The highest BCUT2D eigenvalue weighted by atomic mass is 32.1. The Morgan fingerprint density at radius 3 is 2.79 bits per heavy atom. The first-order valence-corrected chi connectivity index (χ1v) is 11.5. The van der Waals surface area contributed by atoms with Crippen LogP contribution in [-0.2, 0) is 11.2 Å². The molecule has 1 saturated heterocycles. The van der Waals surface area contributed by atoms with Crippen molar-refractivity contribution in [3.05, 3.63) is 50.5 Å². The van der Waals surface area contributed by atoms with Crippen molar-refractivity contribution >= 4 is 29.0 Å². The summed E-state index contributed by atoms with van der Waals surface area (Å²) < 4.78 is 0. The van der Waals surface area contributed by atoms with Crippen molar-refractivity contribution in [2.24, 2.45) is 5.10 Å². The van der Waals surface area contributed by atoms with Crippen LogP contribution in [0.1, 0.15) is 66.4 Å². The normalized spacial score (nSPS) is 18.8. The summed E-state index contributed by atoms with van der Waals surface area (Å²) in [4.78, 5) is 19.6. The fourth-order valence-electron chi connectivity index (χ4n) is 4.50. The van der Waals surface area contributed by atoms with Gasteiger partial charge in [0.05, 0.1) is 10.5 Å². The summed E-state index contributed by atoms with van der Waals surface area (Å²) >= 11 is 1.60. The topological polar surface area (TPSA) is 60.5 Å². The number of aryl methyl sites for hydroxylation is 1. The van der Waals surface area contributed by atoms with Crippen LogP contribution in [0.15, 0.2) is 28.2 Å². The lowest BCUT2D eigenvalue weighted by Gasteiger charge is -2.15. The van der Waals surface area contributed by atoms with E-state index in [-0.39, 0.29) is 5.91 Å². The number of likely N-dealkylation sites (tertiary alicyclic amines) is 1. The van der Waals surface area contributed by atoms with Crippen LogP contribution in [-0.4, -0.2) is 41.1 Å². The zero-order valence-electron chi connectivity index (χ0n) is 17.5. The summed E-state index contributed by atoms with van der Waals surface area (Å²) in [6.45, 7) is 10.3. The Hall–Kier alpha value is -2.18. The van der Waals surface area contributed by atoms with Gasteiger partial charge in [0.2, 0.25) is 0 Å². The molecule has 2 aliphatic heterocycles. The van der Waals surface area contributed by atoms with Crippen LogP contribution < -0.4 is 5.43 Å². The SMILES string of the molecule is Cc1[nH]c(C=C2C(=O)NN=C2c2cccs2)c(C(C)C)c1CCCN1CCCC1. The fraction of sp³-hybridized carbons (Fsp3) is 0.478. The van der Waals surface area contributed by atoms with E-state index in [0.717, 1.165) is 22.7 Å². The van der Waals surface area contributed by atoms with Gasteiger partial charge < -0.3 is 9.88 Å². The number of aromatic amines is 1. The molecule has 29 heavy (non-hydrogen) atoms. The number of H-pyrrole nitrogens is 1. The van der Waals surface area contributed by atoms with E-state index in [1.54, 1.807) is 11.3 Å². The molecule has 2 aromatic rings. The molecular formula is C23H30N4OS. The number of nitrogens with zero attached hydrogens (tertiary/aromatic N) is 2. The number of thiophene rings is 1. The van der Waals surface area contributed by atoms with E-state index in [4.69, 9.17) is 0 Å². The van der Waals surface area contributed by atoms with Gasteiger partial charge in [0.15, 0.2) is 0 Å². The summed E-state index contributed by atoms with van der Waals surface area (Å²) in [6.07, 6.45) is 6.93. The minimum absolute atomic E-state index is 0.133. The molecule has 0 spiro atoms. The molecular weight excluding hydrogens is 380 g/mol. The number of nitrogens with one attached hydrogen (secondary N) is 2. The van der Waals surface area contributed by atoms with E-state index >= 15 is 0 Å². The van der Waals surface area contributed by atoms with Crippen molar-refractivity contribution in [2.45, 2.75) is 52.4 Å². The van der Waals surface area contributed by atoms with Gasteiger partial charge in [-0.05, 0) is 86.8 Å². The van der Waals surface area contributed by atoms with Crippen molar-refractivity contribution in [1.29, 1.82) is 0 Å². The molecule has 6 heteroatoms. The number of hydrogen-bond acceptors (Lipinski definition) is 4. The molecule has 0 unspecified atom stereocenters. The van der Waals surface area contributed by atoms with Gasteiger partial charge in [0.1, 0.15) is 5.71 Å². The van der Waals surface area contributed by atoms with E-state index in [9.17, 15) is 4.79 Å². The second-order valence-corrected chi connectivity index (χ2v) is 9.25. The van der Waals surface area contributed by atoms with Crippen molar-refractivity contribution in [1.82, 2.24) is 15.3 Å². The number of carbonyl (C=O) groups excluding carboxylic acids is 1. The lowest BCUT2D eigenvalue weighted by molar-refractivity contribution is -0.116. The number of aromatic nitrogens is 1. The first-order chi connectivity index (χ1) is 14.0. The van der Waals surface area contributed by atoms with Crippen LogP contribution in [0.2, 0.25) is 0 Å². The van der Waals surface area contributed by atoms with Crippen LogP contribution in [0.5, 0.6) is 0 Å². The predicted octanol–water partition coefficient (Wildman–Crippen LogP) is 4.45. The Kier molecular flexibility index (Phi) is 6.01. The molecule has 0 radical (unpaired) electrons. The second-order valence-electron chi connectivity index (χ2n) is 8.30. The summed E-state index contributed by atoms with van der Waals surface area (Å²) in [7, 11) is 0. The van der Waals surface area contributed by atoms with Crippen LogP contribution in [0.25, 0.3) is 6.08 Å². The summed E-state index contributed by atoms with van der Waals surface area (Å²) in [6, 6.07) is 3.99. The second kappa shape index (κ2) is 8.67. The highest BCUT2D eigenvalue weighted by molar-refractivity contribution is 7.12. The molecule has 1 fully saturated rings. The Bertz CT molecular complexity index is 930. The molecule has 0 aromatic carbocycles. The predicted molar refractivity (Wildman–Crippen MR) is 121 cm³/mol. The number of hydrogen-bond donors (Lipinski definition) is 2. The number of amides is 1. The summed E-state index contributed by atoms with van der Waals surface area (Å²) in [5.74, 6) is 0.256. The quantitative estimate of drug-likeness (QED) is 0.662. The van der Waals surface area contributed by atoms with E-state index in [1.807, 2.05) is 23.6 Å². The molecule has 2 aliphatic rings.